The van der Waals surface area contributed by atoms with Gasteiger partial charge in [-0.05, 0) is 24.3 Å². The molecule has 0 N–H and O–H groups in total. The molecule has 2 aliphatic rings. The number of nitrogens with zero attached hydrogens (tertiary/aromatic N) is 3. The van der Waals surface area contributed by atoms with Crippen LogP contribution < -0.4 is 0 Å². The molecule has 6 nitrogen and oxygen atoms in total. The summed E-state index contributed by atoms with van der Waals surface area (Å²) in [7, 11) is -0.0759. The van der Waals surface area contributed by atoms with Gasteiger partial charge in [0.25, 0.3) is 10.2 Å². The molecule has 0 bridgehead atoms. The van der Waals surface area contributed by atoms with E-state index < -0.39 is 10.2 Å². The van der Waals surface area contributed by atoms with Crippen LogP contribution in [0.3, 0.4) is 0 Å². The molecule has 2 atom stereocenters. The fourth-order valence-corrected chi connectivity index (χ4v) is 4.62. The summed E-state index contributed by atoms with van der Waals surface area (Å²) in [6.07, 6.45) is 4.44. The van der Waals surface area contributed by atoms with Gasteiger partial charge in [0.05, 0.1) is 12.5 Å². The Hall–Kier alpha value is -0.890. The molecular formula is C14H23N3O3S. The van der Waals surface area contributed by atoms with Crippen molar-refractivity contribution < 1.29 is 12.8 Å². The van der Waals surface area contributed by atoms with Crippen LogP contribution in [0.25, 0.3) is 0 Å². The number of rotatable bonds is 4. The average molecular weight is 313 g/mol. The first kappa shape index (κ1) is 15.0. The monoisotopic (exact) mass is 313 g/mol. The van der Waals surface area contributed by atoms with Crippen molar-refractivity contribution in [3.63, 3.8) is 0 Å². The second kappa shape index (κ2) is 5.72. The van der Waals surface area contributed by atoms with E-state index in [0.717, 1.165) is 26.1 Å². The van der Waals surface area contributed by atoms with Crippen LogP contribution in [0.1, 0.15) is 12.0 Å². The van der Waals surface area contributed by atoms with Crippen LogP contribution in [0.4, 0.5) is 0 Å². The summed E-state index contributed by atoms with van der Waals surface area (Å²) in [6.45, 7) is 4.21. The molecule has 2 saturated heterocycles. The lowest BCUT2D eigenvalue weighted by atomic mass is 9.90. The summed E-state index contributed by atoms with van der Waals surface area (Å²) in [4.78, 5) is 2.41. The van der Waals surface area contributed by atoms with Gasteiger partial charge >= 0.3 is 0 Å². The smallest absolute Gasteiger partial charge is 0.281 e. The third kappa shape index (κ3) is 3.01. The third-order valence-corrected chi connectivity index (χ3v) is 6.52. The van der Waals surface area contributed by atoms with Crippen molar-refractivity contribution in [1.82, 2.24) is 13.5 Å². The maximum absolute atomic E-state index is 12.2. The lowest BCUT2D eigenvalue weighted by Gasteiger charge is -2.34. The summed E-state index contributed by atoms with van der Waals surface area (Å²) in [6, 6.07) is 1.99. The lowest BCUT2D eigenvalue weighted by molar-refractivity contribution is 0.219. The quantitative estimate of drug-likeness (QED) is 0.826. The Morgan fingerprint density at radius 3 is 2.71 bits per heavy atom. The maximum atomic E-state index is 12.2. The number of hydrogen-bond donors (Lipinski definition) is 0. The summed E-state index contributed by atoms with van der Waals surface area (Å²) >= 11 is 0. The zero-order valence-corrected chi connectivity index (χ0v) is 13.4. The van der Waals surface area contributed by atoms with Gasteiger partial charge in [0.2, 0.25) is 0 Å². The van der Waals surface area contributed by atoms with Gasteiger partial charge in [-0.2, -0.15) is 17.0 Å². The van der Waals surface area contributed by atoms with Crippen LogP contribution >= 0.6 is 0 Å². The number of furan rings is 1. The van der Waals surface area contributed by atoms with Crippen molar-refractivity contribution in [1.29, 1.82) is 0 Å². The standard InChI is InChI=1S/C14H23N3O3S/c1-15(2)21(18,19)17-5-3-13-8-16(9-14(13)10-17)7-12-4-6-20-11-12/h4,6,11,13-14H,3,5,7-10H2,1-2H3/t13-,14-/m1/s1. The zero-order valence-electron chi connectivity index (χ0n) is 12.6. The highest BCUT2D eigenvalue weighted by Crippen LogP contribution is 2.33. The van der Waals surface area contributed by atoms with E-state index in [4.69, 9.17) is 4.42 Å². The van der Waals surface area contributed by atoms with Gasteiger partial charge < -0.3 is 4.42 Å². The van der Waals surface area contributed by atoms with Crippen LogP contribution in [-0.4, -0.2) is 62.2 Å². The predicted octanol–water partition coefficient (Wildman–Crippen LogP) is 0.840. The molecule has 0 saturated carbocycles. The Morgan fingerprint density at radius 1 is 1.29 bits per heavy atom. The first-order valence-corrected chi connectivity index (χ1v) is 8.77. The molecule has 2 aliphatic heterocycles. The second-order valence-corrected chi connectivity index (χ2v) is 8.43. The van der Waals surface area contributed by atoms with Crippen molar-refractivity contribution in [3.8, 4) is 0 Å². The topological polar surface area (TPSA) is 57.0 Å². The van der Waals surface area contributed by atoms with Gasteiger partial charge in [-0.1, -0.05) is 0 Å². The molecule has 1 aromatic heterocycles. The van der Waals surface area contributed by atoms with Crippen molar-refractivity contribution in [2.24, 2.45) is 11.8 Å². The van der Waals surface area contributed by atoms with E-state index in [1.807, 2.05) is 6.07 Å². The highest BCUT2D eigenvalue weighted by atomic mass is 32.2. The number of piperidine rings is 1. The third-order valence-electron chi connectivity index (χ3n) is 4.61. The Labute approximate surface area is 126 Å². The maximum Gasteiger partial charge on any atom is 0.281 e. The fourth-order valence-electron chi connectivity index (χ4n) is 3.44. The molecule has 3 heterocycles. The second-order valence-electron chi connectivity index (χ2n) is 6.28. The average Bonchev–Trinajstić information content (AvgIpc) is 3.06. The number of fused-ring (bicyclic) bond motifs is 1. The highest BCUT2D eigenvalue weighted by Gasteiger charge is 2.40. The predicted molar refractivity (Wildman–Crippen MR) is 79.8 cm³/mol. The van der Waals surface area contributed by atoms with Crippen LogP contribution in [0.2, 0.25) is 0 Å². The summed E-state index contributed by atoms with van der Waals surface area (Å²) in [5, 5.41) is 0. The molecule has 21 heavy (non-hydrogen) atoms. The molecule has 0 radical (unpaired) electrons. The molecule has 2 fully saturated rings. The van der Waals surface area contributed by atoms with E-state index >= 15 is 0 Å². The zero-order chi connectivity index (χ0) is 15.0. The molecule has 0 spiro atoms. The van der Waals surface area contributed by atoms with Crippen LogP contribution in [0, 0.1) is 11.8 Å². The van der Waals surface area contributed by atoms with E-state index in [9.17, 15) is 8.42 Å². The van der Waals surface area contributed by atoms with Gasteiger partial charge in [0, 0.05) is 52.4 Å². The van der Waals surface area contributed by atoms with E-state index in [0.29, 0.717) is 24.9 Å². The minimum absolute atomic E-state index is 0.445. The fraction of sp³-hybridized carbons (Fsp3) is 0.714. The van der Waals surface area contributed by atoms with E-state index in [-0.39, 0.29) is 0 Å². The molecule has 118 valence electrons. The number of likely N-dealkylation sites (tertiary alicyclic amines) is 1. The van der Waals surface area contributed by atoms with E-state index in [1.54, 1.807) is 30.9 Å². The van der Waals surface area contributed by atoms with Gasteiger partial charge in [0.1, 0.15) is 0 Å². The van der Waals surface area contributed by atoms with E-state index in [2.05, 4.69) is 4.90 Å². The van der Waals surface area contributed by atoms with Crippen molar-refractivity contribution in [2.45, 2.75) is 13.0 Å². The van der Waals surface area contributed by atoms with Crippen LogP contribution in [0.15, 0.2) is 23.0 Å². The molecule has 0 unspecified atom stereocenters. The molecule has 0 aliphatic carbocycles. The lowest BCUT2D eigenvalue weighted by Crippen LogP contribution is -2.47. The minimum Gasteiger partial charge on any atom is -0.472 e. The van der Waals surface area contributed by atoms with Gasteiger partial charge in [-0.3, -0.25) is 4.90 Å². The highest BCUT2D eigenvalue weighted by molar-refractivity contribution is 7.86. The normalized spacial score (nSPS) is 28.1. The van der Waals surface area contributed by atoms with Gasteiger partial charge in [-0.25, -0.2) is 0 Å². The van der Waals surface area contributed by atoms with Gasteiger partial charge in [-0.15, -0.1) is 0 Å². The summed E-state index contributed by atoms with van der Waals surface area (Å²) in [5.74, 6) is 1.06. The molecule has 0 aromatic carbocycles. The van der Waals surface area contributed by atoms with Crippen molar-refractivity contribution >= 4 is 10.2 Å². The van der Waals surface area contributed by atoms with E-state index in [1.165, 1.54) is 9.87 Å². The SMILES string of the molecule is CN(C)S(=O)(=O)N1CC[C@@H]2CN(Cc3ccoc3)C[C@@H]2C1. The largest absolute Gasteiger partial charge is 0.472 e. The molecule has 0 amide bonds. The molecular weight excluding hydrogens is 290 g/mol. The van der Waals surface area contributed by atoms with Crippen molar-refractivity contribution in [3.05, 3.63) is 24.2 Å². The first-order valence-electron chi connectivity index (χ1n) is 7.38. The van der Waals surface area contributed by atoms with Crippen LogP contribution in [0.5, 0.6) is 0 Å². The van der Waals surface area contributed by atoms with Gasteiger partial charge in [0.15, 0.2) is 0 Å². The molecule has 7 heteroatoms. The summed E-state index contributed by atoms with van der Waals surface area (Å²) < 4.78 is 32.5. The Balaban J connectivity index is 1.62. The molecule has 3 rings (SSSR count). The minimum atomic E-state index is -3.27. The van der Waals surface area contributed by atoms with Crippen LogP contribution in [-0.2, 0) is 16.8 Å². The number of hydrogen-bond acceptors (Lipinski definition) is 4. The Kier molecular flexibility index (Phi) is 4.09. The Bertz CT molecular complexity index is 570. The summed E-state index contributed by atoms with van der Waals surface area (Å²) in [5.41, 5.74) is 1.19. The van der Waals surface area contributed by atoms with Crippen molar-refractivity contribution in [2.75, 3.05) is 40.3 Å². The Morgan fingerprint density at radius 2 is 2.05 bits per heavy atom. The molecule has 1 aromatic rings. The first-order chi connectivity index (χ1) is 9.96.